The molecule has 15 heavy (non-hydrogen) atoms. The van der Waals surface area contributed by atoms with E-state index in [0.717, 1.165) is 19.5 Å². The second-order valence-corrected chi connectivity index (χ2v) is 4.63. The number of carbonyl (C=O) groups excluding carboxylic acids is 1. The average Bonchev–Trinajstić information content (AvgIpc) is 2.83. The summed E-state index contributed by atoms with van der Waals surface area (Å²) in [5, 5.41) is 6.19. The van der Waals surface area contributed by atoms with E-state index in [2.05, 4.69) is 10.6 Å². The molecule has 2 rings (SSSR count). The van der Waals surface area contributed by atoms with Crippen LogP contribution in [-0.2, 0) is 0 Å². The van der Waals surface area contributed by atoms with Gasteiger partial charge in [0, 0.05) is 18.6 Å². The van der Waals surface area contributed by atoms with E-state index < -0.39 is 0 Å². The first-order valence-corrected chi connectivity index (χ1v) is 6.03. The molecule has 1 saturated heterocycles. The van der Waals surface area contributed by atoms with E-state index in [4.69, 9.17) is 0 Å². The van der Waals surface area contributed by atoms with Crippen molar-refractivity contribution in [3.63, 3.8) is 0 Å². The molecule has 4 heteroatoms. The van der Waals surface area contributed by atoms with Crippen LogP contribution in [0, 0.1) is 0 Å². The highest BCUT2D eigenvalue weighted by atomic mass is 16.2. The fraction of sp³-hybridized carbons (Fsp3) is 0.909. The Morgan fingerprint density at radius 2 is 2.20 bits per heavy atom. The Kier molecular flexibility index (Phi) is 3.46. The van der Waals surface area contributed by atoms with Gasteiger partial charge < -0.3 is 15.5 Å². The molecular weight excluding hydrogens is 190 g/mol. The molecule has 0 aromatic heterocycles. The molecule has 2 aliphatic rings. The lowest BCUT2D eigenvalue weighted by molar-refractivity contribution is 0.198. The first kappa shape index (κ1) is 10.7. The summed E-state index contributed by atoms with van der Waals surface area (Å²) in [5.74, 6) is 0. The van der Waals surface area contributed by atoms with E-state index in [1.165, 1.54) is 25.7 Å². The summed E-state index contributed by atoms with van der Waals surface area (Å²) in [6.07, 6.45) is 6.01. The number of amides is 2. The normalized spacial score (nSPS) is 27.4. The molecule has 0 spiro atoms. The predicted molar refractivity (Wildman–Crippen MR) is 59.8 cm³/mol. The number of urea groups is 1. The number of hydrogen-bond donors (Lipinski definition) is 2. The van der Waals surface area contributed by atoms with E-state index in [1.54, 1.807) is 0 Å². The van der Waals surface area contributed by atoms with Gasteiger partial charge in [0.2, 0.25) is 0 Å². The monoisotopic (exact) mass is 211 g/mol. The van der Waals surface area contributed by atoms with Crippen LogP contribution in [0.25, 0.3) is 0 Å². The summed E-state index contributed by atoms with van der Waals surface area (Å²) in [5.41, 5.74) is 0. The Balaban J connectivity index is 1.83. The fourth-order valence-corrected chi connectivity index (χ4v) is 2.64. The van der Waals surface area contributed by atoms with Crippen molar-refractivity contribution in [2.75, 3.05) is 20.1 Å². The lowest BCUT2D eigenvalue weighted by atomic mass is 10.2. The number of nitrogens with one attached hydrogen (secondary N) is 2. The molecule has 4 nitrogen and oxygen atoms in total. The first-order chi connectivity index (χ1) is 7.31. The Labute approximate surface area is 91.4 Å². The first-order valence-electron chi connectivity index (χ1n) is 6.03. The summed E-state index contributed by atoms with van der Waals surface area (Å²) in [6.45, 7) is 1.88. The van der Waals surface area contributed by atoms with Gasteiger partial charge in [-0.15, -0.1) is 0 Å². The standard InChI is InChI=1S/C11H21N3O/c1-12-7-6-9-8-14(11(15)13-9)10-4-2-3-5-10/h9-10,12H,2-8H2,1H3,(H,13,15). The maximum atomic E-state index is 11.7. The van der Waals surface area contributed by atoms with Crippen LogP contribution in [0.5, 0.6) is 0 Å². The molecule has 1 saturated carbocycles. The minimum absolute atomic E-state index is 0.156. The van der Waals surface area contributed by atoms with E-state index in [9.17, 15) is 4.79 Å². The van der Waals surface area contributed by atoms with Crippen molar-refractivity contribution in [1.29, 1.82) is 0 Å². The Morgan fingerprint density at radius 1 is 1.47 bits per heavy atom. The molecule has 1 aliphatic heterocycles. The Morgan fingerprint density at radius 3 is 2.87 bits per heavy atom. The highest BCUT2D eigenvalue weighted by Gasteiger charge is 2.34. The van der Waals surface area contributed by atoms with Gasteiger partial charge in [-0.2, -0.15) is 0 Å². The van der Waals surface area contributed by atoms with Gasteiger partial charge in [-0.05, 0) is 32.9 Å². The van der Waals surface area contributed by atoms with Crippen LogP contribution < -0.4 is 10.6 Å². The van der Waals surface area contributed by atoms with Gasteiger partial charge in [-0.1, -0.05) is 12.8 Å². The number of nitrogens with zero attached hydrogens (tertiary/aromatic N) is 1. The third-order valence-electron chi connectivity index (χ3n) is 3.51. The van der Waals surface area contributed by atoms with Crippen LogP contribution in [0.3, 0.4) is 0 Å². The smallest absolute Gasteiger partial charge is 0.317 e. The van der Waals surface area contributed by atoms with Gasteiger partial charge in [0.15, 0.2) is 0 Å². The van der Waals surface area contributed by atoms with Crippen LogP contribution in [0.15, 0.2) is 0 Å². The second-order valence-electron chi connectivity index (χ2n) is 4.63. The lowest BCUT2D eigenvalue weighted by Gasteiger charge is -2.22. The molecule has 0 aromatic carbocycles. The van der Waals surface area contributed by atoms with Crippen molar-refractivity contribution >= 4 is 6.03 Å². The zero-order chi connectivity index (χ0) is 10.7. The van der Waals surface area contributed by atoms with Crippen LogP contribution in [0.4, 0.5) is 4.79 Å². The maximum Gasteiger partial charge on any atom is 0.317 e. The summed E-state index contributed by atoms with van der Waals surface area (Å²) in [4.78, 5) is 13.8. The summed E-state index contributed by atoms with van der Waals surface area (Å²) >= 11 is 0. The molecule has 1 atom stereocenters. The predicted octanol–water partition coefficient (Wildman–Crippen LogP) is 0.932. The van der Waals surface area contributed by atoms with Crippen molar-refractivity contribution in [1.82, 2.24) is 15.5 Å². The van der Waals surface area contributed by atoms with E-state index >= 15 is 0 Å². The number of hydrogen-bond acceptors (Lipinski definition) is 2. The zero-order valence-electron chi connectivity index (χ0n) is 9.46. The molecule has 0 bridgehead atoms. The van der Waals surface area contributed by atoms with Crippen molar-refractivity contribution in [3.05, 3.63) is 0 Å². The number of carbonyl (C=O) groups is 1. The largest absolute Gasteiger partial charge is 0.333 e. The average molecular weight is 211 g/mol. The van der Waals surface area contributed by atoms with Gasteiger partial charge in [0.05, 0.1) is 0 Å². The topological polar surface area (TPSA) is 44.4 Å². The molecule has 0 aromatic rings. The van der Waals surface area contributed by atoms with Crippen molar-refractivity contribution in [2.24, 2.45) is 0 Å². The van der Waals surface area contributed by atoms with Gasteiger partial charge >= 0.3 is 6.03 Å². The summed E-state index contributed by atoms with van der Waals surface area (Å²) < 4.78 is 0. The third-order valence-corrected chi connectivity index (χ3v) is 3.51. The van der Waals surface area contributed by atoms with Crippen LogP contribution >= 0.6 is 0 Å². The SMILES string of the molecule is CNCCC1CN(C2CCCC2)C(=O)N1. The van der Waals surface area contributed by atoms with Crippen molar-refractivity contribution in [3.8, 4) is 0 Å². The van der Waals surface area contributed by atoms with Gasteiger partial charge in [0.25, 0.3) is 0 Å². The zero-order valence-corrected chi connectivity index (χ0v) is 9.46. The number of rotatable bonds is 4. The van der Waals surface area contributed by atoms with Gasteiger partial charge in [0.1, 0.15) is 0 Å². The van der Waals surface area contributed by atoms with Crippen molar-refractivity contribution in [2.45, 2.75) is 44.2 Å². The highest BCUT2D eigenvalue weighted by Crippen LogP contribution is 2.25. The van der Waals surface area contributed by atoms with Crippen LogP contribution in [0.1, 0.15) is 32.1 Å². The maximum absolute atomic E-state index is 11.7. The molecule has 0 radical (unpaired) electrons. The van der Waals surface area contributed by atoms with Gasteiger partial charge in [-0.3, -0.25) is 0 Å². The Bertz CT molecular complexity index is 226. The fourth-order valence-electron chi connectivity index (χ4n) is 2.64. The molecular formula is C11H21N3O. The quantitative estimate of drug-likeness (QED) is 0.726. The minimum atomic E-state index is 0.156. The molecule has 1 heterocycles. The summed E-state index contributed by atoms with van der Waals surface area (Å²) in [7, 11) is 1.95. The van der Waals surface area contributed by atoms with Crippen LogP contribution in [-0.4, -0.2) is 43.2 Å². The molecule has 1 aliphatic carbocycles. The Hall–Kier alpha value is -0.770. The molecule has 86 valence electrons. The minimum Gasteiger partial charge on any atom is -0.333 e. The van der Waals surface area contributed by atoms with E-state index in [0.29, 0.717) is 12.1 Å². The van der Waals surface area contributed by atoms with Gasteiger partial charge in [-0.25, -0.2) is 4.79 Å². The second kappa shape index (κ2) is 4.84. The molecule has 2 fully saturated rings. The highest BCUT2D eigenvalue weighted by molar-refractivity contribution is 5.77. The molecule has 2 amide bonds. The molecule has 2 N–H and O–H groups in total. The van der Waals surface area contributed by atoms with E-state index in [1.807, 2.05) is 11.9 Å². The molecule has 1 unspecified atom stereocenters. The van der Waals surface area contributed by atoms with Crippen molar-refractivity contribution < 1.29 is 4.79 Å². The van der Waals surface area contributed by atoms with E-state index in [-0.39, 0.29) is 6.03 Å². The third kappa shape index (κ3) is 2.43. The van der Waals surface area contributed by atoms with Crippen LogP contribution in [0.2, 0.25) is 0 Å². The lowest BCUT2D eigenvalue weighted by Crippen LogP contribution is -2.36. The summed E-state index contributed by atoms with van der Waals surface area (Å²) in [6, 6.07) is 1.03.